The van der Waals surface area contributed by atoms with Crippen LogP contribution < -0.4 is 19.8 Å². The van der Waals surface area contributed by atoms with Crippen LogP contribution in [-0.4, -0.2) is 29.4 Å². The molecule has 0 aliphatic rings. The summed E-state index contributed by atoms with van der Waals surface area (Å²) >= 11 is 0. The van der Waals surface area contributed by atoms with Crippen LogP contribution in [0.4, 0.5) is 10.2 Å². The van der Waals surface area contributed by atoms with Crippen molar-refractivity contribution in [1.29, 1.82) is 0 Å². The lowest BCUT2D eigenvalue weighted by Gasteiger charge is -2.13. The minimum absolute atomic E-state index is 0.0816. The molecule has 0 atom stereocenters. The molecule has 0 amide bonds. The Labute approximate surface area is 200 Å². The zero-order chi connectivity index (χ0) is 25.2. The fraction of sp³-hybridized carbons (Fsp3) is 0.217. The molecule has 0 spiro atoms. The van der Waals surface area contributed by atoms with Crippen molar-refractivity contribution in [3.05, 3.63) is 81.9 Å². The number of anilines is 1. The van der Waals surface area contributed by atoms with Gasteiger partial charge in [0.1, 0.15) is 11.3 Å². The summed E-state index contributed by atoms with van der Waals surface area (Å²) in [4.78, 5) is 24.5. The normalized spacial score (nSPS) is 11.7. The molecule has 0 saturated carbocycles. The van der Waals surface area contributed by atoms with Crippen molar-refractivity contribution in [1.82, 2.24) is 19.7 Å². The lowest BCUT2D eigenvalue weighted by molar-refractivity contribution is 0.440. The summed E-state index contributed by atoms with van der Waals surface area (Å²) in [5.41, 5.74) is 0.546. The number of aryl methyl sites for hydroxylation is 1. The minimum atomic E-state index is -4.02. The number of benzene rings is 1. The van der Waals surface area contributed by atoms with Crippen LogP contribution in [0.15, 0.2) is 58.1 Å². The van der Waals surface area contributed by atoms with Gasteiger partial charge in [-0.05, 0) is 56.2 Å². The van der Waals surface area contributed by atoms with E-state index in [9.17, 15) is 13.2 Å². The van der Waals surface area contributed by atoms with E-state index in [1.165, 1.54) is 24.7 Å². The first-order valence-electron chi connectivity index (χ1n) is 10.6. The van der Waals surface area contributed by atoms with E-state index in [0.29, 0.717) is 16.7 Å². The van der Waals surface area contributed by atoms with E-state index in [0.717, 1.165) is 0 Å². The van der Waals surface area contributed by atoms with Crippen LogP contribution in [0.25, 0.3) is 11.0 Å². The van der Waals surface area contributed by atoms with Crippen LogP contribution in [0.3, 0.4) is 0 Å². The second-order valence-electron chi connectivity index (χ2n) is 7.97. The molecule has 3 heterocycles. The molecule has 0 aliphatic heterocycles. The maximum atomic E-state index is 15.1. The highest BCUT2D eigenvalue weighted by atomic mass is 32.2. The van der Waals surface area contributed by atoms with Gasteiger partial charge < -0.3 is 9.15 Å². The number of aromatic nitrogens is 3. The van der Waals surface area contributed by atoms with Crippen LogP contribution in [-0.2, 0) is 16.6 Å². The van der Waals surface area contributed by atoms with Gasteiger partial charge in [-0.25, -0.2) is 24.1 Å². The quantitative estimate of drug-likeness (QED) is 0.352. The number of ether oxygens (including phenoxy) is 1. The Morgan fingerprint density at radius 1 is 1.11 bits per heavy atom. The van der Waals surface area contributed by atoms with E-state index >= 15 is 4.39 Å². The number of nitrogens with one attached hydrogen (secondary N) is 2. The van der Waals surface area contributed by atoms with Gasteiger partial charge in [0.2, 0.25) is 0 Å². The van der Waals surface area contributed by atoms with Crippen LogP contribution in [0, 0.1) is 12.7 Å². The molecule has 12 heteroatoms. The van der Waals surface area contributed by atoms with Gasteiger partial charge in [0.15, 0.2) is 11.6 Å². The first kappa shape index (κ1) is 24.2. The Balaban J connectivity index is 1.64. The third-order valence-electron chi connectivity index (χ3n) is 4.97. The van der Waals surface area contributed by atoms with Gasteiger partial charge in [-0.3, -0.25) is 4.72 Å². The Morgan fingerprint density at radius 3 is 2.57 bits per heavy atom. The number of halogens is 1. The van der Waals surface area contributed by atoms with Crippen molar-refractivity contribution >= 4 is 27.0 Å². The Hall–Kier alpha value is -3.90. The van der Waals surface area contributed by atoms with Gasteiger partial charge >= 0.3 is 21.8 Å². The molecule has 2 N–H and O–H groups in total. The van der Waals surface area contributed by atoms with Gasteiger partial charge in [-0.2, -0.15) is 13.1 Å². The maximum Gasteiger partial charge on any atom is 0.340 e. The highest BCUT2D eigenvalue weighted by Gasteiger charge is 2.20. The monoisotopic (exact) mass is 499 g/mol. The summed E-state index contributed by atoms with van der Waals surface area (Å²) in [6, 6.07) is 7.73. The Bertz CT molecular complexity index is 1540. The molecular weight excluding hydrogens is 477 g/mol. The van der Waals surface area contributed by atoms with Gasteiger partial charge in [0, 0.05) is 48.1 Å². The van der Waals surface area contributed by atoms with Crippen LogP contribution >= 0.6 is 0 Å². The smallest absolute Gasteiger partial charge is 0.340 e. The largest absolute Gasteiger partial charge is 0.424 e. The van der Waals surface area contributed by atoms with E-state index in [1.54, 1.807) is 45.0 Å². The molecular formula is C23H22FN5O5S. The maximum absolute atomic E-state index is 15.1. The summed E-state index contributed by atoms with van der Waals surface area (Å²) in [5, 5.41) is 0.637. The third kappa shape index (κ3) is 5.61. The number of nitrogens with zero attached hydrogens (tertiary/aromatic N) is 3. The number of hydrogen-bond acceptors (Lipinski definition) is 8. The zero-order valence-corrected chi connectivity index (χ0v) is 19.9. The van der Waals surface area contributed by atoms with E-state index in [4.69, 9.17) is 9.15 Å². The Kier molecular flexibility index (Phi) is 6.76. The topological polar surface area (TPSA) is 136 Å². The number of fused-ring (bicyclic) bond motifs is 1. The molecule has 3 aromatic heterocycles. The predicted molar refractivity (Wildman–Crippen MR) is 127 cm³/mol. The SMILES string of the molecule is Cc1c(Cc2ccnc(NS(=O)(=O)NC(C)C)c2F)c(=O)oc2cc(Oc3ncccn3)ccc12. The molecule has 4 aromatic rings. The van der Waals surface area contributed by atoms with E-state index < -0.39 is 33.5 Å². The molecule has 1 aromatic carbocycles. The van der Waals surface area contributed by atoms with Crippen molar-refractivity contribution in [2.75, 3.05) is 4.72 Å². The van der Waals surface area contributed by atoms with Crippen molar-refractivity contribution < 1.29 is 22.0 Å². The summed E-state index contributed by atoms with van der Waals surface area (Å²) in [6.45, 7) is 4.99. The highest BCUT2D eigenvalue weighted by molar-refractivity contribution is 7.90. The molecule has 4 rings (SSSR count). The average molecular weight is 500 g/mol. The van der Waals surface area contributed by atoms with Crippen molar-refractivity contribution in [3.63, 3.8) is 0 Å². The Morgan fingerprint density at radius 2 is 1.86 bits per heavy atom. The fourth-order valence-corrected chi connectivity index (χ4v) is 4.51. The molecule has 10 nitrogen and oxygen atoms in total. The molecule has 0 bridgehead atoms. The summed E-state index contributed by atoms with van der Waals surface area (Å²) in [5.74, 6) is -0.971. The van der Waals surface area contributed by atoms with Crippen LogP contribution in [0.5, 0.6) is 11.8 Å². The standard InChI is InChI=1S/C23H22FN5O5S/c1-13(2)28-35(31,32)29-21-20(24)15(7-10-25-21)11-18-14(3)17-6-5-16(12-19(17)34-22(18)30)33-23-26-8-4-9-27-23/h4-10,12-13,28H,11H2,1-3H3,(H,25,29). The molecule has 0 unspecified atom stereocenters. The fourth-order valence-electron chi connectivity index (χ4n) is 3.43. The van der Waals surface area contributed by atoms with Crippen molar-refractivity contribution in [3.8, 4) is 11.8 Å². The molecule has 0 saturated heterocycles. The molecule has 182 valence electrons. The second kappa shape index (κ2) is 9.76. The number of pyridine rings is 1. The first-order chi connectivity index (χ1) is 16.6. The highest BCUT2D eigenvalue weighted by Crippen LogP contribution is 2.28. The summed E-state index contributed by atoms with van der Waals surface area (Å²) < 4.78 is 54.8. The molecule has 35 heavy (non-hydrogen) atoms. The lowest BCUT2D eigenvalue weighted by atomic mass is 10.00. The second-order valence-corrected chi connectivity index (χ2v) is 9.42. The van der Waals surface area contributed by atoms with Crippen molar-refractivity contribution in [2.45, 2.75) is 33.2 Å². The van der Waals surface area contributed by atoms with Crippen LogP contribution in [0.2, 0.25) is 0 Å². The van der Waals surface area contributed by atoms with E-state index in [-0.39, 0.29) is 29.1 Å². The molecule has 0 radical (unpaired) electrons. The zero-order valence-electron chi connectivity index (χ0n) is 19.1. The van der Waals surface area contributed by atoms with Crippen molar-refractivity contribution in [2.24, 2.45) is 0 Å². The minimum Gasteiger partial charge on any atom is -0.424 e. The average Bonchev–Trinajstić information content (AvgIpc) is 2.78. The van der Waals surface area contributed by atoms with Gasteiger partial charge in [-0.1, -0.05) is 0 Å². The predicted octanol–water partition coefficient (Wildman–Crippen LogP) is 3.46. The summed E-state index contributed by atoms with van der Waals surface area (Å²) in [6.07, 6.45) is 4.21. The van der Waals surface area contributed by atoms with Gasteiger partial charge in [0.25, 0.3) is 0 Å². The first-order valence-corrected chi connectivity index (χ1v) is 12.1. The number of rotatable bonds is 8. The lowest BCUT2D eigenvalue weighted by Crippen LogP contribution is -2.35. The summed E-state index contributed by atoms with van der Waals surface area (Å²) in [7, 11) is -4.02. The van der Waals surface area contributed by atoms with Crippen LogP contribution in [0.1, 0.15) is 30.5 Å². The van der Waals surface area contributed by atoms with E-state index in [1.807, 2.05) is 0 Å². The van der Waals surface area contributed by atoms with Gasteiger partial charge in [-0.15, -0.1) is 0 Å². The molecule has 0 aliphatic carbocycles. The molecule has 0 fully saturated rings. The van der Waals surface area contributed by atoms with Gasteiger partial charge in [0.05, 0.1) is 0 Å². The third-order valence-corrected chi connectivity index (χ3v) is 6.21. The van der Waals surface area contributed by atoms with E-state index in [2.05, 4.69) is 24.4 Å². The number of hydrogen-bond donors (Lipinski definition) is 2.